The SMILES string of the molecule is CC(=O)n1c(-c2ccc(Cl)cc2)cc(C)c1-c1ccncc1. The van der Waals surface area contributed by atoms with Gasteiger partial charge in [0.05, 0.1) is 11.4 Å². The minimum Gasteiger partial charge on any atom is -0.280 e. The Morgan fingerprint density at radius 3 is 2.27 bits per heavy atom. The number of aromatic nitrogens is 2. The van der Waals surface area contributed by atoms with E-state index in [0.29, 0.717) is 5.02 Å². The quantitative estimate of drug-likeness (QED) is 0.679. The molecule has 0 aliphatic carbocycles. The van der Waals surface area contributed by atoms with Crippen LogP contribution >= 0.6 is 11.6 Å². The average Bonchev–Trinajstić information content (AvgIpc) is 2.86. The van der Waals surface area contributed by atoms with E-state index in [1.807, 2.05) is 49.4 Å². The molecule has 3 aromatic rings. The molecule has 0 amide bonds. The van der Waals surface area contributed by atoms with Crippen molar-refractivity contribution in [1.82, 2.24) is 9.55 Å². The van der Waals surface area contributed by atoms with E-state index < -0.39 is 0 Å². The number of halogens is 1. The number of hydrogen-bond donors (Lipinski definition) is 0. The Bertz CT molecular complexity index is 820. The second-order valence-corrected chi connectivity index (χ2v) is 5.59. The number of nitrogens with zero attached hydrogens (tertiary/aromatic N) is 2. The smallest absolute Gasteiger partial charge is 0.228 e. The molecule has 0 aliphatic rings. The summed E-state index contributed by atoms with van der Waals surface area (Å²) in [7, 11) is 0. The largest absolute Gasteiger partial charge is 0.280 e. The van der Waals surface area contributed by atoms with Gasteiger partial charge in [-0.1, -0.05) is 23.7 Å². The number of hydrogen-bond acceptors (Lipinski definition) is 2. The molecule has 3 nitrogen and oxygen atoms in total. The normalized spacial score (nSPS) is 10.7. The summed E-state index contributed by atoms with van der Waals surface area (Å²) in [5.41, 5.74) is 4.76. The molecule has 0 N–H and O–H groups in total. The van der Waals surface area contributed by atoms with Gasteiger partial charge in [0.2, 0.25) is 5.91 Å². The zero-order valence-corrected chi connectivity index (χ0v) is 13.1. The second kappa shape index (κ2) is 5.78. The van der Waals surface area contributed by atoms with E-state index in [2.05, 4.69) is 4.98 Å². The predicted octanol–water partition coefficient (Wildman–Crippen LogP) is 4.84. The molecule has 0 aliphatic heterocycles. The molecule has 3 rings (SSSR count). The van der Waals surface area contributed by atoms with Crippen LogP contribution in [0.25, 0.3) is 22.5 Å². The first kappa shape index (κ1) is 14.5. The summed E-state index contributed by atoms with van der Waals surface area (Å²) in [6.45, 7) is 3.58. The van der Waals surface area contributed by atoms with Crippen molar-refractivity contribution in [2.45, 2.75) is 13.8 Å². The van der Waals surface area contributed by atoms with Gasteiger partial charge < -0.3 is 0 Å². The summed E-state index contributed by atoms with van der Waals surface area (Å²) in [6.07, 6.45) is 3.46. The third-order valence-corrected chi connectivity index (χ3v) is 3.85. The molecule has 4 heteroatoms. The first-order valence-corrected chi connectivity index (χ1v) is 7.35. The Morgan fingerprint density at radius 2 is 1.68 bits per heavy atom. The van der Waals surface area contributed by atoms with Gasteiger partial charge in [-0.25, -0.2) is 0 Å². The highest BCUT2D eigenvalue weighted by Crippen LogP contribution is 2.32. The van der Waals surface area contributed by atoms with Crippen LogP contribution in [0.4, 0.5) is 0 Å². The molecule has 2 aromatic heterocycles. The fourth-order valence-electron chi connectivity index (χ4n) is 2.66. The molecule has 0 bridgehead atoms. The molecule has 0 spiro atoms. The first-order valence-electron chi connectivity index (χ1n) is 6.97. The molecular weight excluding hydrogens is 296 g/mol. The van der Waals surface area contributed by atoms with Gasteiger partial charge in [0.15, 0.2) is 0 Å². The standard InChI is InChI=1S/C18H15ClN2O/c1-12-11-17(14-3-5-16(19)6-4-14)21(13(2)22)18(12)15-7-9-20-10-8-15/h3-11H,1-2H3. The van der Waals surface area contributed by atoms with Crippen LogP contribution in [0.15, 0.2) is 54.9 Å². The van der Waals surface area contributed by atoms with Gasteiger partial charge in [0.1, 0.15) is 0 Å². The van der Waals surface area contributed by atoms with Crippen LogP contribution in [0.1, 0.15) is 17.3 Å². The van der Waals surface area contributed by atoms with Crippen LogP contribution < -0.4 is 0 Å². The third kappa shape index (κ3) is 2.55. The molecule has 2 heterocycles. The molecule has 0 saturated carbocycles. The molecule has 1 aromatic carbocycles. The van der Waals surface area contributed by atoms with Gasteiger partial charge in [0.25, 0.3) is 0 Å². The monoisotopic (exact) mass is 310 g/mol. The number of aryl methyl sites for hydroxylation is 1. The third-order valence-electron chi connectivity index (χ3n) is 3.60. The van der Waals surface area contributed by atoms with E-state index >= 15 is 0 Å². The van der Waals surface area contributed by atoms with E-state index in [1.54, 1.807) is 23.9 Å². The fraction of sp³-hybridized carbons (Fsp3) is 0.111. The van der Waals surface area contributed by atoms with Crippen LogP contribution in [0.2, 0.25) is 5.02 Å². The summed E-state index contributed by atoms with van der Waals surface area (Å²) >= 11 is 5.95. The van der Waals surface area contributed by atoms with Crippen molar-refractivity contribution >= 4 is 17.5 Å². The van der Waals surface area contributed by atoms with Crippen molar-refractivity contribution in [3.63, 3.8) is 0 Å². The number of benzene rings is 1. The van der Waals surface area contributed by atoms with E-state index in [-0.39, 0.29) is 5.91 Å². The van der Waals surface area contributed by atoms with Crippen LogP contribution in [-0.2, 0) is 0 Å². The number of carbonyl (C=O) groups excluding carboxylic acids is 1. The molecule has 0 unspecified atom stereocenters. The van der Waals surface area contributed by atoms with E-state index in [0.717, 1.165) is 28.1 Å². The Hall–Kier alpha value is -2.39. The number of carbonyl (C=O) groups is 1. The lowest BCUT2D eigenvalue weighted by Gasteiger charge is -2.11. The lowest BCUT2D eigenvalue weighted by molar-refractivity contribution is 0.0940. The van der Waals surface area contributed by atoms with E-state index in [4.69, 9.17) is 11.6 Å². The lowest BCUT2D eigenvalue weighted by atomic mass is 10.1. The van der Waals surface area contributed by atoms with Crippen LogP contribution in [0.3, 0.4) is 0 Å². The number of rotatable bonds is 2. The molecule has 0 atom stereocenters. The van der Waals surface area contributed by atoms with E-state index in [1.165, 1.54) is 0 Å². The van der Waals surface area contributed by atoms with Crippen molar-refractivity contribution in [2.75, 3.05) is 0 Å². The van der Waals surface area contributed by atoms with Crippen LogP contribution in [0.5, 0.6) is 0 Å². The topological polar surface area (TPSA) is 34.9 Å². The molecule has 0 radical (unpaired) electrons. The van der Waals surface area contributed by atoms with Gasteiger partial charge in [-0.15, -0.1) is 0 Å². The maximum atomic E-state index is 12.2. The minimum absolute atomic E-state index is 0.0233. The van der Waals surface area contributed by atoms with Gasteiger partial charge in [0, 0.05) is 29.9 Å². The highest BCUT2D eigenvalue weighted by atomic mass is 35.5. The maximum absolute atomic E-state index is 12.2. The van der Waals surface area contributed by atoms with Crippen molar-refractivity contribution in [2.24, 2.45) is 0 Å². The Labute approximate surface area is 134 Å². The van der Waals surface area contributed by atoms with Gasteiger partial charge in [-0.3, -0.25) is 14.3 Å². The summed E-state index contributed by atoms with van der Waals surface area (Å²) < 4.78 is 1.74. The summed E-state index contributed by atoms with van der Waals surface area (Å²) in [6, 6.07) is 13.4. The Balaban J connectivity index is 2.25. The van der Waals surface area contributed by atoms with Crippen molar-refractivity contribution < 1.29 is 4.79 Å². The fourth-order valence-corrected chi connectivity index (χ4v) is 2.79. The Morgan fingerprint density at radius 1 is 1.05 bits per heavy atom. The highest BCUT2D eigenvalue weighted by Gasteiger charge is 2.18. The minimum atomic E-state index is -0.0233. The summed E-state index contributed by atoms with van der Waals surface area (Å²) in [5.74, 6) is -0.0233. The molecular formula is C18H15ClN2O. The summed E-state index contributed by atoms with van der Waals surface area (Å²) in [5, 5.41) is 0.677. The molecule has 0 fully saturated rings. The van der Waals surface area contributed by atoms with Gasteiger partial charge >= 0.3 is 0 Å². The predicted molar refractivity (Wildman–Crippen MR) is 89.1 cm³/mol. The average molecular weight is 311 g/mol. The molecule has 110 valence electrons. The van der Waals surface area contributed by atoms with Gasteiger partial charge in [-0.2, -0.15) is 0 Å². The lowest BCUT2D eigenvalue weighted by Crippen LogP contribution is -2.09. The molecule has 0 saturated heterocycles. The highest BCUT2D eigenvalue weighted by molar-refractivity contribution is 6.30. The van der Waals surface area contributed by atoms with Crippen LogP contribution in [0, 0.1) is 6.92 Å². The molecule has 22 heavy (non-hydrogen) atoms. The summed E-state index contributed by atoms with van der Waals surface area (Å²) in [4.78, 5) is 16.3. The maximum Gasteiger partial charge on any atom is 0.228 e. The second-order valence-electron chi connectivity index (χ2n) is 5.16. The zero-order chi connectivity index (χ0) is 15.7. The number of pyridine rings is 1. The zero-order valence-electron chi connectivity index (χ0n) is 12.4. The van der Waals surface area contributed by atoms with Gasteiger partial charge in [-0.05, 0) is 48.4 Å². The van der Waals surface area contributed by atoms with E-state index in [9.17, 15) is 4.79 Å². The first-order chi connectivity index (χ1) is 10.6. The van der Waals surface area contributed by atoms with Crippen molar-refractivity contribution in [3.05, 3.63) is 65.4 Å². The Kier molecular flexibility index (Phi) is 3.82. The van der Waals surface area contributed by atoms with Crippen molar-refractivity contribution in [1.29, 1.82) is 0 Å². The van der Waals surface area contributed by atoms with Crippen molar-refractivity contribution in [3.8, 4) is 22.5 Å². The van der Waals surface area contributed by atoms with Crippen LogP contribution in [-0.4, -0.2) is 15.5 Å².